The molecular weight excluding hydrogens is 150 g/mol. The zero-order valence-electron chi connectivity index (χ0n) is 7.59. The summed E-state index contributed by atoms with van der Waals surface area (Å²) >= 11 is 0. The summed E-state index contributed by atoms with van der Waals surface area (Å²) in [6.45, 7) is 5.43. The number of aromatic amines is 1. The molecule has 66 valence electrons. The fourth-order valence-corrected chi connectivity index (χ4v) is 1.66. The number of nitrogens with one attached hydrogen (secondary N) is 2. The van der Waals surface area contributed by atoms with Crippen molar-refractivity contribution in [2.75, 3.05) is 0 Å². The molecule has 2 rings (SSSR count). The second kappa shape index (κ2) is 2.90. The number of H-pyrrole nitrogens is 1. The average Bonchev–Trinajstić information content (AvgIpc) is 2.49. The molecule has 0 saturated carbocycles. The molecule has 0 radical (unpaired) electrons. The van der Waals surface area contributed by atoms with Crippen molar-refractivity contribution < 1.29 is 0 Å². The summed E-state index contributed by atoms with van der Waals surface area (Å²) in [7, 11) is 0. The highest BCUT2D eigenvalue weighted by atomic mass is 15.0. The van der Waals surface area contributed by atoms with Gasteiger partial charge in [-0.2, -0.15) is 0 Å². The molecule has 12 heavy (non-hydrogen) atoms. The zero-order chi connectivity index (χ0) is 8.55. The van der Waals surface area contributed by atoms with Crippen molar-refractivity contribution in [2.24, 2.45) is 5.92 Å². The number of fused-ring (bicyclic) bond motifs is 1. The standard InChI is InChI=1S/C9H15N3/c1-6(2)7-3-8-9(4-10-7)12-5-11-8/h5-7,10H,3-4H2,1-2H3,(H,11,12). The van der Waals surface area contributed by atoms with E-state index in [9.17, 15) is 0 Å². The van der Waals surface area contributed by atoms with Crippen molar-refractivity contribution in [1.29, 1.82) is 0 Å². The van der Waals surface area contributed by atoms with E-state index in [1.54, 1.807) is 6.33 Å². The van der Waals surface area contributed by atoms with Crippen LogP contribution in [0, 0.1) is 5.92 Å². The summed E-state index contributed by atoms with van der Waals surface area (Å²) in [6.07, 6.45) is 2.85. The van der Waals surface area contributed by atoms with Gasteiger partial charge >= 0.3 is 0 Å². The van der Waals surface area contributed by atoms with Crippen molar-refractivity contribution in [3.05, 3.63) is 17.7 Å². The largest absolute Gasteiger partial charge is 0.347 e. The second-order valence-electron chi connectivity index (χ2n) is 3.76. The Hall–Kier alpha value is -0.830. The van der Waals surface area contributed by atoms with E-state index >= 15 is 0 Å². The predicted molar refractivity (Wildman–Crippen MR) is 47.8 cm³/mol. The molecule has 0 bridgehead atoms. The Morgan fingerprint density at radius 2 is 2.42 bits per heavy atom. The normalized spacial score (nSPS) is 22.8. The molecule has 1 aliphatic heterocycles. The van der Waals surface area contributed by atoms with E-state index in [1.165, 1.54) is 11.4 Å². The van der Waals surface area contributed by atoms with Crippen LogP contribution in [0.1, 0.15) is 25.2 Å². The molecule has 0 amide bonds. The van der Waals surface area contributed by atoms with Crippen LogP contribution in [0.5, 0.6) is 0 Å². The van der Waals surface area contributed by atoms with Gasteiger partial charge in [0.1, 0.15) is 0 Å². The highest BCUT2D eigenvalue weighted by molar-refractivity contribution is 5.15. The van der Waals surface area contributed by atoms with E-state index in [1.807, 2.05) is 0 Å². The second-order valence-corrected chi connectivity index (χ2v) is 3.76. The van der Waals surface area contributed by atoms with Gasteiger partial charge < -0.3 is 10.3 Å². The Morgan fingerprint density at radius 3 is 3.17 bits per heavy atom. The van der Waals surface area contributed by atoms with Crippen molar-refractivity contribution >= 4 is 0 Å². The van der Waals surface area contributed by atoms with Gasteiger partial charge in [0.2, 0.25) is 0 Å². The summed E-state index contributed by atoms with van der Waals surface area (Å²) in [5.41, 5.74) is 2.50. The average molecular weight is 165 g/mol. The number of imidazole rings is 1. The third-order valence-corrected chi connectivity index (χ3v) is 2.57. The van der Waals surface area contributed by atoms with E-state index < -0.39 is 0 Å². The third kappa shape index (κ3) is 1.25. The van der Waals surface area contributed by atoms with Gasteiger partial charge in [-0.15, -0.1) is 0 Å². The number of nitrogens with zero attached hydrogens (tertiary/aromatic N) is 1. The molecule has 0 spiro atoms. The van der Waals surface area contributed by atoms with Crippen LogP contribution in [-0.4, -0.2) is 16.0 Å². The maximum Gasteiger partial charge on any atom is 0.0925 e. The summed E-state index contributed by atoms with van der Waals surface area (Å²) in [5.74, 6) is 0.690. The van der Waals surface area contributed by atoms with Crippen molar-refractivity contribution in [3.8, 4) is 0 Å². The number of hydrogen-bond acceptors (Lipinski definition) is 2. The molecule has 1 aliphatic rings. The molecule has 3 nitrogen and oxygen atoms in total. The molecule has 0 saturated heterocycles. The van der Waals surface area contributed by atoms with Crippen LogP contribution in [-0.2, 0) is 13.0 Å². The van der Waals surface area contributed by atoms with E-state index in [4.69, 9.17) is 0 Å². The number of aromatic nitrogens is 2. The van der Waals surface area contributed by atoms with Crippen molar-refractivity contribution in [3.63, 3.8) is 0 Å². The van der Waals surface area contributed by atoms with Gasteiger partial charge in [-0.1, -0.05) is 13.8 Å². The molecule has 0 aliphatic carbocycles. The molecule has 2 heterocycles. The Morgan fingerprint density at radius 1 is 1.58 bits per heavy atom. The fourth-order valence-electron chi connectivity index (χ4n) is 1.66. The first kappa shape index (κ1) is 7.80. The highest BCUT2D eigenvalue weighted by Crippen LogP contribution is 2.16. The molecular formula is C9H15N3. The van der Waals surface area contributed by atoms with Gasteiger partial charge in [0.15, 0.2) is 0 Å². The molecule has 1 unspecified atom stereocenters. The van der Waals surface area contributed by atoms with Crippen LogP contribution in [0.3, 0.4) is 0 Å². The summed E-state index contributed by atoms with van der Waals surface area (Å²) in [4.78, 5) is 7.44. The predicted octanol–water partition coefficient (Wildman–Crippen LogP) is 1.08. The fraction of sp³-hybridized carbons (Fsp3) is 0.667. The maximum absolute atomic E-state index is 4.29. The minimum Gasteiger partial charge on any atom is -0.347 e. The lowest BCUT2D eigenvalue weighted by molar-refractivity contribution is 0.372. The monoisotopic (exact) mass is 165 g/mol. The SMILES string of the molecule is CC(C)C1Cc2nc[nH]c2CN1. The van der Waals surface area contributed by atoms with Crippen LogP contribution in [0.4, 0.5) is 0 Å². The molecule has 3 heteroatoms. The van der Waals surface area contributed by atoms with E-state index in [-0.39, 0.29) is 0 Å². The Bertz CT molecular complexity index is 264. The smallest absolute Gasteiger partial charge is 0.0925 e. The van der Waals surface area contributed by atoms with Gasteiger partial charge in [0.25, 0.3) is 0 Å². The van der Waals surface area contributed by atoms with Crippen molar-refractivity contribution in [1.82, 2.24) is 15.3 Å². The molecule has 0 fully saturated rings. The first-order chi connectivity index (χ1) is 5.77. The summed E-state index contributed by atoms with van der Waals surface area (Å²) < 4.78 is 0. The molecule has 0 aromatic carbocycles. The minimum absolute atomic E-state index is 0.598. The van der Waals surface area contributed by atoms with Crippen LogP contribution >= 0.6 is 0 Å². The van der Waals surface area contributed by atoms with E-state index in [2.05, 4.69) is 29.1 Å². The van der Waals surface area contributed by atoms with Gasteiger partial charge in [-0.3, -0.25) is 0 Å². The number of rotatable bonds is 1. The first-order valence-corrected chi connectivity index (χ1v) is 4.52. The topological polar surface area (TPSA) is 40.7 Å². The number of hydrogen-bond donors (Lipinski definition) is 2. The van der Waals surface area contributed by atoms with Gasteiger partial charge in [-0.05, 0) is 5.92 Å². The Balaban J connectivity index is 2.15. The zero-order valence-corrected chi connectivity index (χ0v) is 7.59. The van der Waals surface area contributed by atoms with Gasteiger partial charge in [-0.25, -0.2) is 4.98 Å². The quantitative estimate of drug-likeness (QED) is 0.653. The lowest BCUT2D eigenvalue weighted by Crippen LogP contribution is -2.39. The van der Waals surface area contributed by atoms with Crippen LogP contribution < -0.4 is 5.32 Å². The van der Waals surface area contributed by atoms with Crippen LogP contribution in [0.2, 0.25) is 0 Å². The first-order valence-electron chi connectivity index (χ1n) is 4.52. The highest BCUT2D eigenvalue weighted by Gasteiger charge is 2.21. The molecule has 1 atom stereocenters. The summed E-state index contributed by atoms with van der Waals surface area (Å²) in [6, 6.07) is 0.598. The van der Waals surface area contributed by atoms with Crippen molar-refractivity contribution in [2.45, 2.75) is 32.9 Å². The lowest BCUT2D eigenvalue weighted by atomic mass is 9.95. The van der Waals surface area contributed by atoms with Crippen LogP contribution in [0.15, 0.2) is 6.33 Å². The Kier molecular flexibility index (Phi) is 1.89. The summed E-state index contributed by atoms with van der Waals surface area (Å²) in [5, 5.41) is 3.49. The minimum atomic E-state index is 0.598. The third-order valence-electron chi connectivity index (χ3n) is 2.57. The molecule has 1 aromatic rings. The Labute approximate surface area is 72.6 Å². The van der Waals surface area contributed by atoms with E-state index in [0.29, 0.717) is 12.0 Å². The molecule has 1 aromatic heterocycles. The lowest BCUT2D eigenvalue weighted by Gasteiger charge is -2.25. The van der Waals surface area contributed by atoms with Gasteiger partial charge in [0, 0.05) is 19.0 Å². The van der Waals surface area contributed by atoms with E-state index in [0.717, 1.165) is 13.0 Å². The van der Waals surface area contributed by atoms with Gasteiger partial charge in [0.05, 0.1) is 17.7 Å². The molecule has 2 N–H and O–H groups in total. The van der Waals surface area contributed by atoms with Crippen LogP contribution in [0.25, 0.3) is 0 Å². The maximum atomic E-state index is 4.29.